The summed E-state index contributed by atoms with van der Waals surface area (Å²) in [4.78, 5) is 11.7. The Hall–Kier alpha value is -2.18. The third-order valence-corrected chi connectivity index (χ3v) is 2.38. The fourth-order valence-electron chi connectivity index (χ4n) is 1.68. The van der Waals surface area contributed by atoms with Gasteiger partial charge in [0.1, 0.15) is 5.75 Å². The Morgan fingerprint density at radius 1 is 1.53 bits per heavy atom. The highest BCUT2D eigenvalue weighted by atomic mass is 19.3. The van der Waals surface area contributed by atoms with Gasteiger partial charge in [-0.1, -0.05) is 0 Å². The van der Waals surface area contributed by atoms with Crippen LogP contribution in [0.15, 0.2) is 18.2 Å². The van der Waals surface area contributed by atoms with Crippen molar-refractivity contribution in [3.8, 4) is 5.75 Å². The lowest BCUT2D eigenvalue weighted by atomic mass is 10.2. The molecule has 0 aliphatic heterocycles. The van der Waals surface area contributed by atoms with Crippen molar-refractivity contribution in [2.24, 2.45) is 0 Å². The first-order valence-electron chi connectivity index (χ1n) is 5.74. The van der Waals surface area contributed by atoms with E-state index in [-0.39, 0.29) is 17.4 Å². The predicted octanol–water partition coefficient (Wildman–Crippen LogP) is 2.30. The Bertz CT molecular complexity index is 605. The maximum Gasteiger partial charge on any atom is 0.394 e. The van der Waals surface area contributed by atoms with E-state index in [9.17, 15) is 13.6 Å². The zero-order valence-electron chi connectivity index (χ0n) is 10.5. The maximum atomic E-state index is 12.8. The molecule has 0 saturated heterocycles. The largest absolute Gasteiger partial charge is 0.433 e. The van der Waals surface area contributed by atoms with Crippen LogP contribution >= 0.6 is 0 Å². The number of benzene rings is 1. The standard InChI is InChI=1S/C12H13F2N3O2/c1-3-15-11(18)10-8-6-7(19-12(2,13)14)4-5-9(8)16-17-10/h4-6H,3H2,1-2H3,(H,15,18)(H,16,17). The molecule has 102 valence electrons. The molecule has 5 nitrogen and oxygen atoms in total. The Morgan fingerprint density at radius 2 is 2.26 bits per heavy atom. The lowest BCUT2D eigenvalue weighted by molar-refractivity contribution is -0.158. The number of hydrogen-bond donors (Lipinski definition) is 2. The summed E-state index contributed by atoms with van der Waals surface area (Å²) in [5.74, 6) is -0.388. The van der Waals surface area contributed by atoms with E-state index in [1.807, 2.05) is 0 Å². The van der Waals surface area contributed by atoms with Gasteiger partial charge in [-0.2, -0.15) is 13.9 Å². The number of H-pyrrole nitrogens is 1. The second-order valence-corrected chi connectivity index (χ2v) is 4.05. The summed E-state index contributed by atoms with van der Waals surface area (Å²) < 4.78 is 30.0. The predicted molar refractivity (Wildman–Crippen MR) is 65.3 cm³/mol. The molecule has 0 radical (unpaired) electrons. The van der Waals surface area contributed by atoms with Crippen LogP contribution in [0.1, 0.15) is 24.3 Å². The number of amides is 1. The molecule has 19 heavy (non-hydrogen) atoms. The molecule has 0 saturated carbocycles. The lowest BCUT2D eigenvalue weighted by Crippen LogP contribution is -2.23. The van der Waals surface area contributed by atoms with Gasteiger partial charge >= 0.3 is 6.11 Å². The van der Waals surface area contributed by atoms with E-state index in [2.05, 4.69) is 20.3 Å². The number of carbonyl (C=O) groups is 1. The lowest BCUT2D eigenvalue weighted by Gasteiger charge is -2.12. The van der Waals surface area contributed by atoms with Crippen LogP contribution in [-0.2, 0) is 0 Å². The van der Waals surface area contributed by atoms with Crippen LogP contribution in [0.2, 0.25) is 0 Å². The molecule has 2 aromatic rings. The SMILES string of the molecule is CCNC(=O)c1n[nH]c2ccc(OC(C)(F)F)cc12. The summed E-state index contributed by atoms with van der Waals surface area (Å²) in [5, 5.41) is 9.57. The molecule has 0 aliphatic rings. The van der Waals surface area contributed by atoms with Gasteiger partial charge < -0.3 is 10.1 Å². The molecule has 2 rings (SSSR count). The highest BCUT2D eigenvalue weighted by Gasteiger charge is 2.24. The number of rotatable bonds is 4. The van der Waals surface area contributed by atoms with Crippen molar-refractivity contribution in [3.05, 3.63) is 23.9 Å². The quantitative estimate of drug-likeness (QED) is 0.895. The Kier molecular flexibility index (Phi) is 3.37. The van der Waals surface area contributed by atoms with E-state index < -0.39 is 6.11 Å². The molecule has 1 aromatic carbocycles. The van der Waals surface area contributed by atoms with Crippen LogP contribution in [0.5, 0.6) is 5.75 Å². The average Bonchev–Trinajstić information content (AvgIpc) is 2.70. The number of nitrogens with one attached hydrogen (secondary N) is 2. The summed E-state index contributed by atoms with van der Waals surface area (Å²) in [7, 11) is 0. The summed E-state index contributed by atoms with van der Waals surface area (Å²) in [6, 6.07) is 4.28. The fourth-order valence-corrected chi connectivity index (χ4v) is 1.68. The highest BCUT2D eigenvalue weighted by Crippen LogP contribution is 2.26. The minimum absolute atomic E-state index is 0.0213. The van der Waals surface area contributed by atoms with Crippen LogP contribution in [0, 0.1) is 0 Å². The van der Waals surface area contributed by atoms with E-state index in [1.54, 1.807) is 6.92 Å². The van der Waals surface area contributed by atoms with Gasteiger partial charge in [-0.3, -0.25) is 9.89 Å². The van der Waals surface area contributed by atoms with Crippen molar-refractivity contribution < 1.29 is 18.3 Å². The van der Waals surface area contributed by atoms with Gasteiger partial charge in [0.15, 0.2) is 5.69 Å². The Balaban J connectivity index is 2.40. The zero-order valence-corrected chi connectivity index (χ0v) is 10.5. The topological polar surface area (TPSA) is 67.0 Å². The number of ether oxygens (including phenoxy) is 1. The second-order valence-electron chi connectivity index (χ2n) is 4.05. The van der Waals surface area contributed by atoms with Gasteiger partial charge in [0.2, 0.25) is 0 Å². The molecule has 2 N–H and O–H groups in total. The first-order valence-corrected chi connectivity index (χ1v) is 5.74. The summed E-state index contributed by atoms with van der Waals surface area (Å²) in [6.45, 7) is 2.88. The summed E-state index contributed by atoms with van der Waals surface area (Å²) in [5.41, 5.74) is 0.731. The monoisotopic (exact) mass is 269 g/mol. The third-order valence-electron chi connectivity index (χ3n) is 2.38. The second kappa shape index (κ2) is 4.83. The van der Waals surface area contributed by atoms with Crippen LogP contribution in [0.25, 0.3) is 10.9 Å². The van der Waals surface area contributed by atoms with Crippen LogP contribution in [0.4, 0.5) is 8.78 Å². The molecule has 0 atom stereocenters. The van der Waals surface area contributed by atoms with Crippen LogP contribution < -0.4 is 10.1 Å². The van der Waals surface area contributed by atoms with Crippen molar-refractivity contribution in [2.75, 3.05) is 6.54 Å². The normalized spacial score (nSPS) is 11.6. The van der Waals surface area contributed by atoms with Gasteiger partial charge in [-0.15, -0.1) is 0 Å². The molecule has 0 bridgehead atoms. The van der Waals surface area contributed by atoms with Crippen molar-refractivity contribution in [2.45, 2.75) is 20.0 Å². The smallest absolute Gasteiger partial charge is 0.394 e. The fraction of sp³-hybridized carbons (Fsp3) is 0.333. The molecule has 0 spiro atoms. The minimum Gasteiger partial charge on any atom is -0.433 e. The summed E-state index contributed by atoms with van der Waals surface area (Å²) in [6.07, 6.45) is -3.27. The van der Waals surface area contributed by atoms with Crippen molar-refractivity contribution in [1.29, 1.82) is 0 Å². The number of nitrogens with zero attached hydrogens (tertiary/aromatic N) is 1. The molecular formula is C12H13F2N3O2. The first-order chi connectivity index (χ1) is 8.90. The van der Waals surface area contributed by atoms with Gasteiger partial charge in [-0.25, -0.2) is 0 Å². The number of aromatic amines is 1. The van der Waals surface area contributed by atoms with Crippen LogP contribution in [-0.4, -0.2) is 28.8 Å². The zero-order chi connectivity index (χ0) is 14.0. The molecular weight excluding hydrogens is 256 g/mol. The van der Waals surface area contributed by atoms with E-state index >= 15 is 0 Å². The Morgan fingerprint density at radius 3 is 2.89 bits per heavy atom. The molecule has 1 aromatic heterocycles. The van der Waals surface area contributed by atoms with Gasteiger partial charge in [0.25, 0.3) is 5.91 Å². The molecule has 7 heteroatoms. The minimum atomic E-state index is -3.27. The van der Waals surface area contributed by atoms with E-state index in [1.165, 1.54) is 18.2 Å². The highest BCUT2D eigenvalue weighted by molar-refractivity contribution is 6.04. The number of fused-ring (bicyclic) bond motifs is 1. The van der Waals surface area contributed by atoms with Crippen molar-refractivity contribution in [3.63, 3.8) is 0 Å². The van der Waals surface area contributed by atoms with Gasteiger partial charge in [0, 0.05) is 18.9 Å². The molecule has 1 amide bonds. The molecule has 1 heterocycles. The molecule has 0 unspecified atom stereocenters. The molecule has 0 aliphatic carbocycles. The van der Waals surface area contributed by atoms with Gasteiger partial charge in [-0.05, 0) is 25.1 Å². The number of halogens is 2. The van der Waals surface area contributed by atoms with Gasteiger partial charge in [0.05, 0.1) is 5.52 Å². The first kappa shape index (κ1) is 13.3. The average molecular weight is 269 g/mol. The van der Waals surface area contributed by atoms with Crippen molar-refractivity contribution >= 4 is 16.8 Å². The van der Waals surface area contributed by atoms with Crippen LogP contribution in [0.3, 0.4) is 0 Å². The maximum absolute atomic E-state index is 12.8. The van der Waals surface area contributed by atoms with Crippen molar-refractivity contribution in [1.82, 2.24) is 15.5 Å². The Labute approximate surface area is 107 Å². The van der Waals surface area contributed by atoms with E-state index in [0.717, 1.165) is 0 Å². The molecule has 0 fully saturated rings. The van der Waals surface area contributed by atoms with E-state index in [0.29, 0.717) is 24.4 Å². The number of alkyl halides is 2. The van der Waals surface area contributed by atoms with E-state index in [4.69, 9.17) is 0 Å². The summed E-state index contributed by atoms with van der Waals surface area (Å²) >= 11 is 0. The number of aromatic nitrogens is 2. The number of carbonyl (C=O) groups excluding carboxylic acids is 1. The third kappa shape index (κ3) is 2.98. The number of hydrogen-bond acceptors (Lipinski definition) is 3.